The maximum atomic E-state index is 14.7. The van der Waals surface area contributed by atoms with Gasteiger partial charge >= 0.3 is 35.8 Å². The number of ketones is 4. The molecule has 8 fully saturated rings. The van der Waals surface area contributed by atoms with Crippen LogP contribution in [0.2, 0.25) is 0 Å². The summed E-state index contributed by atoms with van der Waals surface area (Å²) >= 11 is 0. The molecule has 25 nitrogen and oxygen atoms in total. The Morgan fingerprint density at radius 2 is 0.620 bits per heavy atom. The van der Waals surface area contributed by atoms with Crippen LogP contribution in [0.1, 0.15) is 286 Å². The van der Waals surface area contributed by atoms with Crippen LogP contribution in [-0.4, -0.2) is 196 Å². The molecule has 4 spiro atoms. The first-order valence-corrected chi connectivity index (χ1v) is 55.1. The Morgan fingerprint density at radius 3 is 0.927 bits per heavy atom. The maximum absolute atomic E-state index is 14.7. The van der Waals surface area contributed by atoms with Gasteiger partial charge in [0, 0.05) is 41.2 Å². The van der Waals surface area contributed by atoms with E-state index in [9.17, 15) is 93.9 Å². The minimum atomic E-state index is -2.20. The van der Waals surface area contributed by atoms with Crippen LogP contribution < -0.4 is 0 Å². The number of allylic oxidation sites excluding steroid dienone is 6. The van der Waals surface area contributed by atoms with E-state index < -0.39 is 153 Å². The second kappa shape index (κ2) is 41.5. The predicted octanol–water partition coefficient (Wildman–Crippen LogP) is 18.2. The highest BCUT2D eigenvalue weighted by Crippen LogP contribution is 2.77. The molecule has 0 aliphatic heterocycles. The van der Waals surface area contributed by atoms with Crippen molar-refractivity contribution in [3.63, 3.8) is 0 Å². The molecule has 0 saturated heterocycles. The van der Waals surface area contributed by atoms with Crippen LogP contribution in [0.4, 0.5) is 0 Å². The summed E-state index contributed by atoms with van der Waals surface area (Å²) in [5.41, 5.74) is -8.79. The Hall–Kier alpha value is -9.80. The molecule has 3 aromatic rings. The highest BCUT2D eigenvalue weighted by molar-refractivity contribution is 6.00. The Kier molecular flexibility index (Phi) is 31.2. The second-order valence-corrected chi connectivity index (χ2v) is 49.9. The molecule has 8 bridgehead atoms. The minimum absolute atomic E-state index is 0.0153. The molecule has 0 unspecified atom stereocenters. The van der Waals surface area contributed by atoms with Crippen LogP contribution >= 0.6 is 0 Å². The third-order valence-corrected chi connectivity index (χ3v) is 40.4. The van der Waals surface area contributed by atoms with E-state index >= 15 is 0 Å². The monoisotopic (exact) mass is 2060 g/mol. The first kappa shape index (κ1) is 113. The van der Waals surface area contributed by atoms with Crippen LogP contribution in [0.15, 0.2) is 207 Å². The van der Waals surface area contributed by atoms with Gasteiger partial charge in [-0.1, -0.05) is 270 Å². The van der Waals surface area contributed by atoms with Crippen molar-refractivity contribution in [1.82, 2.24) is 0 Å². The van der Waals surface area contributed by atoms with Crippen molar-refractivity contribution in [2.45, 2.75) is 326 Å². The van der Waals surface area contributed by atoms with Gasteiger partial charge in [-0.25, -0.2) is 24.0 Å². The van der Waals surface area contributed by atoms with Crippen LogP contribution in [-0.2, 0) is 62.0 Å². The summed E-state index contributed by atoms with van der Waals surface area (Å²) < 4.78 is 34.7. The molecule has 25 heteroatoms. The number of aliphatic hydroxyl groups is 9. The van der Waals surface area contributed by atoms with Crippen molar-refractivity contribution in [1.29, 1.82) is 0 Å². The molecule has 0 radical (unpaired) electrons. The lowest BCUT2D eigenvalue weighted by atomic mass is 9.59. The number of hydrogen-bond donors (Lipinski definition) is 9. The molecule has 3 aromatic carbocycles. The number of esters is 6. The van der Waals surface area contributed by atoms with Crippen molar-refractivity contribution in [3.8, 4) is 0 Å². The number of unbranched alkanes of at least 4 members (excludes halogenated alkanes) is 10. The fraction of sp³-hybridized carbons (Fsp3) is 0.616. The Morgan fingerprint density at radius 1 is 0.353 bits per heavy atom. The number of benzene rings is 3. The SMILES string of the molecule is C/C=C(/C)C(=O)O[C@H]1C(C)=C[C@]23C(=O)[C@@H](C=C(C)[C@@H](O)[C@]12O)[C@H]1[C@@H](C[C@H]3C)C1(C)C.C/C=C(/C)C(=O)O[C@H]1C(C)=C[C@]23C(=O)[C@@H](C=C(COC(=O)c4ccccc4)[C@@H](O)[C@]12O)[C@H]1[C@@H](C[C@H]3C)C1(C)C.CC1=C[C@]23C(=O)[C@@H](C=C(COC(=O)c4ccccc4)[C@@H](O)[C@]2(O)[C@H]1OC(=O)c1ccccc1)[C@H]1[C@@H](C[C@H]3C)C1(C)C.CCCCCCCCCCCCCC(=O)O[C@H]1C(C)=C[C@]23C(=O)[C@@H](C=C(CO)[C@@H](O)[C@]12O)[C@H]1[C@@H](C[C@H]3C)C1(C)C. The maximum Gasteiger partial charge on any atom is 0.338 e. The quantitative estimate of drug-likeness (QED) is 0.0118. The zero-order valence-corrected chi connectivity index (χ0v) is 91.8. The molecule has 16 aliphatic carbocycles. The van der Waals surface area contributed by atoms with Crippen molar-refractivity contribution in [2.24, 2.45) is 138 Å². The largest absolute Gasteiger partial charge is 0.457 e. The van der Waals surface area contributed by atoms with E-state index in [1.807, 2.05) is 39.8 Å². The summed E-state index contributed by atoms with van der Waals surface area (Å²) in [5, 5.41) is 107. The standard InChI is InChI=1S/C34H36O7.C34H54O6.C32H38O7.C25H34O5/c1-19-17-33-20(2)15-25-26(32(25,3)4)24(28(33)36)16-23(18-40-30(37)21-11-7-5-8-12-21)27(35)34(33,39)29(19)41-31(38)22-13-9-6-10-14-22;1-6-7-8-9-10-11-12-13-14-15-16-17-27(36)40-31-22(2)20-33-23(3)18-26-28(32(26,4)5)25(30(33)38)19-24(21-35)29(37)34(31,33)39;1-7-17(2)28(35)39-27-18(3)15-31-19(4)13-23-24(30(23,5)6)22(26(31)34)14-21(25(33)32(27,31)37)16-38-29(36)20-11-9-8-10-12-20;1-8-12(2)22(28)30-21-14(4)11-24-15(5)10-17-18(23(17,6)7)16(20(24)27)9-13(3)19(26)25(21,24)29/h5-14,16-17,20,24-27,29,35,39H,15,18H2,1-4H3;19-20,23,25-26,28-29,31,35,37,39H,6-18,21H2,1-5H3;7-12,14-15,19,22-25,27,33,37H,13,16H2,1-6H3;8-9,11,15-19,21,26,29H,10H2,1-7H3/b;;17-7-;12-8-/t20-,24+,25-,26+,27-,29+,33+,34+;23-,25+,26-,28+,29-,31+,33+,34+;19-,22+,23-,24+,25-,27+,31+,32+;15-,16+,17-,18+,19-,21+,24+,25+/m1111/s1. The molecule has 8 saturated carbocycles. The second-order valence-electron chi connectivity index (χ2n) is 49.9. The first-order valence-electron chi connectivity index (χ1n) is 55.1. The Bertz CT molecular complexity index is 6110. The molecule has 0 aromatic heterocycles. The molecular weight excluding hydrogens is 1900 g/mol. The average Bonchev–Trinajstić information content (AvgIpc) is 1.51. The number of hydrogen-bond acceptors (Lipinski definition) is 25. The van der Waals surface area contributed by atoms with E-state index in [1.54, 1.807) is 202 Å². The van der Waals surface area contributed by atoms with Gasteiger partial charge in [-0.15, -0.1) is 0 Å². The fourth-order valence-electron chi connectivity index (χ4n) is 31.4. The molecule has 150 heavy (non-hydrogen) atoms. The van der Waals surface area contributed by atoms with E-state index in [-0.39, 0.29) is 146 Å². The lowest BCUT2D eigenvalue weighted by Crippen LogP contribution is -2.65. The van der Waals surface area contributed by atoms with Gasteiger partial charge in [0.15, 0.2) is 70.0 Å². The Balaban J connectivity index is 0.000000143. The zero-order chi connectivity index (χ0) is 109. The average molecular weight is 2060 g/mol. The van der Waals surface area contributed by atoms with Gasteiger partial charge in [0.05, 0.1) is 45.0 Å². The van der Waals surface area contributed by atoms with Gasteiger partial charge in [-0.05, 0) is 268 Å². The molecule has 0 amide bonds. The van der Waals surface area contributed by atoms with E-state index in [4.69, 9.17) is 28.4 Å². The molecule has 32 atom stereocenters. The van der Waals surface area contributed by atoms with Crippen LogP contribution in [0.3, 0.4) is 0 Å². The highest BCUT2D eigenvalue weighted by atomic mass is 16.6. The minimum Gasteiger partial charge on any atom is -0.457 e. The highest BCUT2D eigenvalue weighted by Gasteiger charge is 2.82. The van der Waals surface area contributed by atoms with E-state index in [2.05, 4.69) is 62.3 Å². The van der Waals surface area contributed by atoms with E-state index in [0.29, 0.717) is 86.8 Å². The summed E-state index contributed by atoms with van der Waals surface area (Å²) in [5.74, 6) is -5.53. The lowest BCUT2D eigenvalue weighted by molar-refractivity contribution is -0.203. The third kappa shape index (κ3) is 17.7. The molecular formula is C125H162O25. The van der Waals surface area contributed by atoms with Gasteiger partial charge in [-0.3, -0.25) is 24.0 Å². The molecule has 16 aliphatic rings. The summed E-state index contributed by atoms with van der Waals surface area (Å²) in [6.07, 6.45) is 22.7. The zero-order valence-electron chi connectivity index (χ0n) is 91.8. The van der Waals surface area contributed by atoms with Gasteiger partial charge < -0.3 is 74.4 Å². The smallest absolute Gasteiger partial charge is 0.338 e. The van der Waals surface area contributed by atoms with E-state index in [0.717, 1.165) is 25.7 Å². The number of Topliss-reactive ketones (excluding diaryl/α,β-unsaturated/α-hetero) is 4. The summed E-state index contributed by atoms with van der Waals surface area (Å²) in [7, 11) is 0. The Labute approximate surface area is 884 Å². The van der Waals surface area contributed by atoms with Crippen LogP contribution in [0, 0.1) is 138 Å². The van der Waals surface area contributed by atoms with Crippen LogP contribution in [0.5, 0.6) is 0 Å². The van der Waals surface area contributed by atoms with Gasteiger partial charge in [-0.2, -0.15) is 0 Å². The topological polar surface area (TPSA) is 408 Å². The van der Waals surface area contributed by atoms with Crippen LogP contribution in [0.25, 0.3) is 0 Å². The van der Waals surface area contributed by atoms with Gasteiger partial charge in [0.1, 0.15) is 37.6 Å². The van der Waals surface area contributed by atoms with Gasteiger partial charge in [0.2, 0.25) is 0 Å². The number of ether oxygens (including phenoxy) is 6. The molecule has 0 heterocycles. The summed E-state index contributed by atoms with van der Waals surface area (Å²) in [6.45, 7) is 41.8. The van der Waals surface area contributed by atoms with Crippen molar-refractivity contribution >= 4 is 58.9 Å². The van der Waals surface area contributed by atoms with Crippen molar-refractivity contribution < 1.29 is 122 Å². The molecule has 812 valence electrons. The molecule has 9 N–H and O–H groups in total. The number of aliphatic hydroxyl groups excluding tert-OH is 5. The normalized spacial score (nSPS) is 39.3. The fourth-order valence-corrected chi connectivity index (χ4v) is 31.4. The number of carbonyl (C=O) groups is 10. The first-order chi connectivity index (χ1) is 70.6. The van der Waals surface area contributed by atoms with Crippen molar-refractivity contribution in [3.05, 3.63) is 224 Å². The number of fused-ring (bicyclic) bond motifs is 12. The predicted molar refractivity (Wildman–Crippen MR) is 565 cm³/mol. The lowest BCUT2D eigenvalue weighted by Gasteiger charge is -2.48. The number of carbonyl (C=O) groups excluding carboxylic acids is 10. The summed E-state index contributed by atoms with van der Waals surface area (Å²) in [6, 6.07) is 25.4. The molecule has 19 rings (SSSR count). The van der Waals surface area contributed by atoms with Gasteiger partial charge in [0.25, 0.3) is 0 Å². The number of rotatable bonds is 26. The third-order valence-electron chi connectivity index (χ3n) is 40.4. The van der Waals surface area contributed by atoms with E-state index in [1.165, 1.54) is 51.4 Å². The van der Waals surface area contributed by atoms with Crippen molar-refractivity contribution in [2.75, 3.05) is 19.8 Å². The summed E-state index contributed by atoms with van der Waals surface area (Å²) in [4.78, 5) is 135.